The summed E-state index contributed by atoms with van der Waals surface area (Å²) in [5.41, 5.74) is -0.530. The second-order valence-corrected chi connectivity index (χ2v) is 8.89. The Kier molecular flexibility index (Phi) is 6.42. The Balaban J connectivity index is 1.67. The molecule has 1 atom stereocenters. The van der Waals surface area contributed by atoms with E-state index in [-0.39, 0.29) is 5.69 Å². The van der Waals surface area contributed by atoms with Crippen molar-refractivity contribution in [3.63, 3.8) is 0 Å². The number of thiazole rings is 1. The number of nitrogens with zero attached hydrogens (tertiary/aromatic N) is 6. The molecule has 0 aromatic carbocycles. The number of carbonyl (C=O) groups is 1. The van der Waals surface area contributed by atoms with Crippen molar-refractivity contribution in [2.24, 2.45) is 0 Å². The number of nitrogens with one attached hydrogen (secondary N) is 2. The van der Waals surface area contributed by atoms with Gasteiger partial charge in [0, 0.05) is 12.7 Å². The number of aromatic nitrogens is 6. The number of amides is 2. The highest BCUT2D eigenvalue weighted by Crippen LogP contribution is 2.39. The predicted molar refractivity (Wildman–Crippen MR) is 124 cm³/mol. The van der Waals surface area contributed by atoms with Crippen LogP contribution in [0.5, 0.6) is 0 Å². The second kappa shape index (κ2) is 9.19. The van der Waals surface area contributed by atoms with Crippen LogP contribution in [-0.2, 0) is 16.5 Å². The molecule has 4 rings (SSSR count). The number of carbonyl (C=O) groups excluding carboxylic acids is 1. The number of halogens is 3. The van der Waals surface area contributed by atoms with Gasteiger partial charge in [-0.15, -0.1) is 4.80 Å². The summed E-state index contributed by atoms with van der Waals surface area (Å²) >= 11 is 1.40. The normalized spacial score (nSPS) is 13.6. The molecule has 1 unspecified atom stereocenters. The van der Waals surface area contributed by atoms with Gasteiger partial charge >= 0.3 is 12.2 Å². The third-order valence-electron chi connectivity index (χ3n) is 5.47. The van der Waals surface area contributed by atoms with E-state index in [0.717, 1.165) is 22.1 Å². The van der Waals surface area contributed by atoms with E-state index in [2.05, 4.69) is 35.8 Å². The number of rotatable bonds is 6. The lowest BCUT2D eigenvalue weighted by Gasteiger charge is -2.29. The van der Waals surface area contributed by atoms with E-state index >= 15 is 0 Å². The molecular weight excluding hydrogens is 485 g/mol. The topological polar surface area (TPSA) is 120 Å². The molecule has 184 valence electrons. The van der Waals surface area contributed by atoms with E-state index in [0.29, 0.717) is 28.0 Å². The number of anilines is 2. The van der Waals surface area contributed by atoms with E-state index in [1.807, 2.05) is 20.8 Å². The zero-order chi connectivity index (χ0) is 25.4. The second-order valence-electron chi connectivity index (χ2n) is 7.71. The summed E-state index contributed by atoms with van der Waals surface area (Å²) in [5.74, 6) is -0.511. The minimum absolute atomic E-state index is 0.171. The maximum atomic E-state index is 13.7. The van der Waals surface area contributed by atoms with Crippen LogP contribution in [0.3, 0.4) is 0 Å². The molecule has 0 fully saturated rings. The highest BCUT2D eigenvalue weighted by molar-refractivity contribution is 7.18. The van der Waals surface area contributed by atoms with Gasteiger partial charge in [-0.2, -0.15) is 23.4 Å². The van der Waals surface area contributed by atoms with Gasteiger partial charge in [-0.05, 0) is 26.3 Å². The van der Waals surface area contributed by atoms with Crippen LogP contribution in [0.4, 0.5) is 29.3 Å². The third-order valence-corrected chi connectivity index (χ3v) is 6.35. The first-order valence-corrected chi connectivity index (χ1v) is 11.2. The van der Waals surface area contributed by atoms with Gasteiger partial charge in [-0.1, -0.05) is 18.3 Å². The lowest BCUT2D eigenvalue weighted by atomic mass is 9.91. The number of methoxy groups -OCH3 is 1. The molecule has 14 heteroatoms. The van der Waals surface area contributed by atoms with Crippen LogP contribution >= 0.6 is 11.3 Å². The molecular formula is C21H21F3N8O2S. The highest BCUT2D eigenvalue weighted by atomic mass is 32.1. The third kappa shape index (κ3) is 4.79. The Hall–Kier alpha value is -3.65. The van der Waals surface area contributed by atoms with Crippen molar-refractivity contribution < 1.29 is 22.7 Å². The fraction of sp³-hybridized carbons (Fsp3) is 0.333. The van der Waals surface area contributed by atoms with Crippen molar-refractivity contribution in [2.45, 2.75) is 39.0 Å². The Morgan fingerprint density at radius 1 is 1.17 bits per heavy atom. The number of urea groups is 1. The summed E-state index contributed by atoms with van der Waals surface area (Å²) < 4.78 is 46.7. The molecule has 0 saturated heterocycles. The minimum atomic E-state index is -4.75. The van der Waals surface area contributed by atoms with Crippen molar-refractivity contribution in [1.29, 1.82) is 0 Å². The van der Waals surface area contributed by atoms with E-state index in [4.69, 9.17) is 4.74 Å². The van der Waals surface area contributed by atoms with Crippen molar-refractivity contribution >= 4 is 39.1 Å². The molecule has 0 aliphatic heterocycles. The molecule has 0 saturated carbocycles. The summed E-state index contributed by atoms with van der Waals surface area (Å²) in [5, 5.41) is 13.3. The van der Waals surface area contributed by atoms with Crippen LogP contribution in [0.25, 0.3) is 16.2 Å². The summed E-state index contributed by atoms with van der Waals surface area (Å²) in [6, 6.07) is -0.0169. The fourth-order valence-electron chi connectivity index (χ4n) is 3.54. The molecule has 0 spiro atoms. The lowest BCUT2D eigenvalue weighted by molar-refractivity contribution is -0.137. The smallest absolute Gasteiger partial charge is 0.374 e. The van der Waals surface area contributed by atoms with Crippen LogP contribution in [0.15, 0.2) is 30.9 Å². The fourth-order valence-corrected chi connectivity index (χ4v) is 4.31. The van der Waals surface area contributed by atoms with Crippen molar-refractivity contribution in [3.05, 3.63) is 47.0 Å². The first kappa shape index (κ1) is 24.5. The molecule has 2 amide bonds. The summed E-state index contributed by atoms with van der Waals surface area (Å²) in [6.45, 7) is 5.64. The average Bonchev–Trinajstić information content (AvgIpc) is 3.47. The number of hydrogen-bond donors (Lipinski definition) is 2. The van der Waals surface area contributed by atoms with E-state index < -0.39 is 29.2 Å². The van der Waals surface area contributed by atoms with Crippen LogP contribution in [0.2, 0.25) is 0 Å². The molecule has 0 bridgehead atoms. The largest absolute Gasteiger partial charge is 0.420 e. The van der Waals surface area contributed by atoms with Gasteiger partial charge in [0.15, 0.2) is 5.82 Å². The standard InChI is InChI=1S/C21H21F3N8O2S/c1-5-20(3,34-4)15-14(10-26-18-16(15)29-11(2)35-18)31-19(33)30-12-8-13(21(22,23)24)17(25-9-12)32-27-6-7-28-32/h6-10H,5H2,1-4H3,(H2,30,31,33). The molecule has 0 radical (unpaired) electrons. The van der Waals surface area contributed by atoms with Gasteiger partial charge in [-0.25, -0.2) is 19.7 Å². The molecule has 4 aromatic heterocycles. The quantitative estimate of drug-likeness (QED) is 0.381. The molecule has 4 aromatic rings. The van der Waals surface area contributed by atoms with Crippen LogP contribution in [0.1, 0.15) is 36.4 Å². The highest BCUT2D eigenvalue weighted by Gasteiger charge is 2.36. The Morgan fingerprint density at radius 3 is 2.51 bits per heavy atom. The monoisotopic (exact) mass is 506 g/mol. The maximum Gasteiger partial charge on any atom is 0.420 e. The first-order chi connectivity index (χ1) is 16.6. The summed E-state index contributed by atoms with van der Waals surface area (Å²) in [6.07, 6.45) is 0.849. The first-order valence-electron chi connectivity index (χ1n) is 10.4. The van der Waals surface area contributed by atoms with Gasteiger partial charge in [-0.3, -0.25) is 0 Å². The van der Waals surface area contributed by atoms with Gasteiger partial charge in [0.1, 0.15) is 15.9 Å². The van der Waals surface area contributed by atoms with Gasteiger partial charge in [0.25, 0.3) is 0 Å². The van der Waals surface area contributed by atoms with Crippen LogP contribution in [0, 0.1) is 6.92 Å². The Morgan fingerprint density at radius 2 is 1.89 bits per heavy atom. The van der Waals surface area contributed by atoms with Gasteiger partial charge < -0.3 is 15.4 Å². The van der Waals surface area contributed by atoms with E-state index in [1.54, 1.807) is 7.11 Å². The molecule has 35 heavy (non-hydrogen) atoms. The number of aryl methyl sites for hydroxylation is 1. The number of alkyl halides is 3. The molecule has 0 aliphatic carbocycles. The summed E-state index contributed by atoms with van der Waals surface area (Å²) in [4.78, 5) is 27.0. The van der Waals surface area contributed by atoms with E-state index in [1.165, 1.54) is 29.9 Å². The van der Waals surface area contributed by atoms with Gasteiger partial charge in [0.2, 0.25) is 0 Å². The SMILES string of the molecule is CCC(C)(OC)c1c(NC(=O)Nc2cnc(-n3nccn3)c(C(F)(F)F)c2)cnc2sc(C)nc12. The van der Waals surface area contributed by atoms with Gasteiger partial charge in [0.05, 0.1) is 46.8 Å². The zero-order valence-corrected chi connectivity index (χ0v) is 20.0. The number of hydrogen-bond acceptors (Lipinski definition) is 8. The van der Waals surface area contributed by atoms with Crippen LogP contribution in [-0.4, -0.2) is 43.1 Å². The lowest BCUT2D eigenvalue weighted by Crippen LogP contribution is -2.28. The summed E-state index contributed by atoms with van der Waals surface area (Å²) in [7, 11) is 1.55. The number of pyridine rings is 2. The molecule has 4 heterocycles. The molecule has 0 aliphatic rings. The zero-order valence-electron chi connectivity index (χ0n) is 19.1. The van der Waals surface area contributed by atoms with Crippen molar-refractivity contribution in [2.75, 3.05) is 17.7 Å². The maximum absolute atomic E-state index is 13.7. The number of fused-ring (bicyclic) bond motifs is 1. The van der Waals surface area contributed by atoms with Crippen LogP contribution < -0.4 is 10.6 Å². The molecule has 10 nitrogen and oxygen atoms in total. The Bertz CT molecular complexity index is 1370. The predicted octanol–water partition coefficient (Wildman–Crippen LogP) is 4.91. The van der Waals surface area contributed by atoms with E-state index in [9.17, 15) is 18.0 Å². The minimum Gasteiger partial charge on any atom is -0.374 e. The Labute approximate surface area is 201 Å². The van der Waals surface area contributed by atoms with Crippen molar-refractivity contribution in [1.82, 2.24) is 29.9 Å². The molecule has 2 N–H and O–H groups in total. The average molecular weight is 507 g/mol. The van der Waals surface area contributed by atoms with Crippen molar-refractivity contribution in [3.8, 4) is 5.82 Å². The number of ether oxygens (including phenoxy) is 1.